The Morgan fingerprint density at radius 3 is 2.75 bits per heavy atom. The summed E-state index contributed by atoms with van der Waals surface area (Å²) < 4.78 is 20.5. The molecular formula is C11H15N5O6S2. The summed E-state index contributed by atoms with van der Waals surface area (Å²) in [5.41, 5.74) is 4.17. The molecule has 132 valence electrons. The predicted octanol–water partition coefficient (Wildman–Crippen LogP) is -0.834. The number of anilines is 1. The first-order valence-corrected chi connectivity index (χ1v) is 8.33. The highest BCUT2D eigenvalue weighted by atomic mass is 32.2. The molecule has 0 aliphatic carbocycles. The molecule has 0 spiro atoms. The van der Waals surface area contributed by atoms with Crippen LogP contribution in [0.4, 0.5) is 5.13 Å². The van der Waals surface area contributed by atoms with Gasteiger partial charge in [0.25, 0.3) is 11.8 Å². The molecule has 1 aromatic heterocycles. The van der Waals surface area contributed by atoms with Gasteiger partial charge in [0, 0.05) is 5.38 Å². The summed E-state index contributed by atoms with van der Waals surface area (Å²) in [7, 11) is 1.15. The lowest BCUT2D eigenvalue weighted by Crippen LogP contribution is -2.76. The van der Waals surface area contributed by atoms with Crippen LogP contribution < -0.4 is 11.1 Å². The molecule has 13 heteroatoms. The Morgan fingerprint density at radius 2 is 2.29 bits per heavy atom. The second-order valence-corrected chi connectivity index (χ2v) is 6.94. The fourth-order valence-electron chi connectivity index (χ4n) is 2.03. The summed E-state index contributed by atoms with van der Waals surface area (Å²) in [5.74, 6) is -1.45. The monoisotopic (exact) mass is 377 g/mol. The molecule has 1 aliphatic rings. The third kappa shape index (κ3) is 3.24. The highest BCUT2D eigenvalue weighted by molar-refractivity contribution is 7.75. The number of carbonyl (C=O) groups is 2. The number of aromatic nitrogens is 1. The van der Waals surface area contributed by atoms with Gasteiger partial charge in [-0.15, -0.1) is 15.6 Å². The molecule has 0 radical (unpaired) electrons. The minimum absolute atomic E-state index is 0.0793. The number of rotatable bonds is 6. The van der Waals surface area contributed by atoms with Crippen LogP contribution in [0.5, 0.6) is 0 Å². The van der Waals surface area contributed by atoms with Crippen molar-refractivity contribution in [2.45, 2.75) is 25.4 Å². The third-order valence-electron chi connectivity index (χ3n) is 3.30. The number of nitrogens with two attached hydrogens (primary N) is 1. The number of hydrogen-bond donors (Lipinski definition) is 3. The quantitative estimate of drug-likeness (QED) is 0.251. The Kier molecular flexibility index (Phi) is 5.17. The van der Waals surface area contributed by atoms with Crippen molar-refractivity contribution in [2.75, 3.05) is 12.8 Å². The molecule has 1 aliphatic heterocycles. The maximum Gasteiger partial charge on any atom is 0.327 e. The number of oxime groups is 1. The van der Waals surface area contributed by atoms with E-state index in [1.165, 1.54) is 5.38 Å². The number of nitrogens with one attached hydrogen (secondary N) is 1. The largest absolute Gasteiger partial charge is 0.410 e. The zero-order chi connectivity index (χ0) is 18.1. The molecule has 0 saturated carbocycles. The van der Waals surface area contributed by atoms with E-state index < -0.39 is 34.8 Å². The van der Waals surface area contributed by atoms with E-state index >= 15 is 0 Å². The number of hydrogen-bond acceptors (Lipinski definition) is 10. The van der Waals surface area contributed by atoms with Crippen LogP contribution in [0.2, 0.25) is 0 Å². The van der Waals surface area contributed by atoms with Gasteiger partial charge in [-0.2, -0.15) is 9.27 Å². The number of amides is 2. The van der Waals surface area contributed by atoms with Crippen LogP contribution in [0.3, 0.4) is 0 Å². The Hall–Kier alpha value is -2.09. The molecule has 1 unspecified atom stereocenters. The predicted molar refractivity (Wildman–Crippen MR) is 83.9 cm³/mol. The lowest BCUT2D eigenvalue weighted by atomic mass is 9.84. The van der Waals surface area contributed by atoms with Gasteiger partial charge in [0.1, 0.15) is 11.7 Å². The fourth-order valence-corrected chi connectivity index (χ4v) is 3.02. The van der Waals surface area contributed by atoms with Crippen molar-refractivity contribution in [3.63, 3.8) is 0 Å². The van der Waals surface area contributed by atoms with Crippen molar-refractivity contribution in [1.82, 2.24) is 15.4 Å². The molecule has 2 atom stereocenters. The number of carbonyl (C=O) groups excluding carboxylic acids is 2. The van der Waals surface area contributed by atoms with Gasteiger partial charge in [0.05, 0.1) is 12.6 Å². The highest BCUT2D eigenvalue weighted by Crippen LogP contribution is 2.32. The second kappa shape index (κ2) is 6.80. The standard InChI is InChI=1S/C11H15N5O6S2/c1-11(2)7(9(18)16(11)22-24(20)21-3)14-8(17)6(15-19)5-4-23-10(12)13-5/h4,7,19H,1-3H3,(H2,12,13)(H,14,17)/b15-6-/t7-,24?/m1/s1. The second-order valence-electron chi connectivity index (χ2n) is 5.16. The van der Waals surface area contributed by atoms with E-state index in [2.05, 4.69) is 19.6 Å². The van der Waals surface area contributed by atoms with Crippen molar-refractivity contribution in [2.24, 2.45) is 5.16 Å². The van der Waals surface area contributed by atoms with Gasteiger partial charge in [0.15, 0.2) is 10.8 Å². The normalized spacial score (nSPS) is 21.3. The first kappa shape index (κ1) is 18.3. The van der Waals surface area contributed by atoms with Crippen molar-refractivity contribution in [3.05, 3.63) is 11.1 Å². The number of thiazole rings is 1. The van der Waals surface area contributed by atoms with E-state index in [-0.39, 0.29) is 16.5 Å². The van der Waals surface area contributed by atoms with Crippen LogP contribution in [0.15, 0.2) is 10.5 Å². The molecule has 2 amide bonds. The first-order chi connectivity index (χ1) is 11.2. The average molecular weight is 377 g/mol. The third-order valence-corrected chi connectivity index (χ3v) is 4.52. The topological polar surface area (TPSA) is 156 Å². The van der Waals surface area contributed by atoms with E-state index in [4.69, 9.17) is 15.2 Å². The van der Waals surface area contributed by atoms with Gasteiger partial charge in [-0.05, 0) is 13.8 Å². The summed E-state index contributed by atoms with van der Waals surface area (Å²) in [4.78, 5) is 28.2. The van der Waals surface area contributed by atoms with Gasteiger partial charge in [-0.25, -0.2) is 4.98 Å². The number of nitrogen functional groups attached to an aromatic ring is 1. The van der Waals surface area contributed by atoms with Crippen molar-refractivity contribution >= 4 is 45.4 Å². The van der Waals surface area contributed by atoms with E-state index in [1.54, 1.807) is 13.8 Å². The Morgan fingerprint density at radius 1 is 1.62 bits per heavy atom. The Labute approximate surface area is 143 Å². The van der Waals surface area contributed by atoms with Gasteiger partial charge < -0.3 is 16.3 Å². The maximum absolute atomic E-state index is 12.2. The summed E-state index contributed by atoms with van der Waals surface area (Å²) in [5, 5.41) is 16.8. The van der Waals surface area contributed by atoms with Crippen LogP contribution in [0.1, 0.15) is 19.5 Å². The van der Waals surface area contributed by atoms with Crippen LogP contribution in [0, 0.1) is 0 Å². The van der Waals surface area contributed by atoms with Gasteiger partial charge in [0.2, 0.25) is 0 Å². The smallest absolute Gasteiger partial charge is 0.327 e. The van der Waals surface area contributed by atoms with Gasteiger partial charge >= 0.3 is 11.4 Å². The lowest BCUT2D eigenvalue weighted by Gasteiger charge is -2.50. The summed E-state index contributed by atoms with van der Waals surface area (Å²) in [6, 6.07) is -0.980. The molecule has 11 nitrogen and oxygen atoms in total. The summed E-state index contributed by atoms with van der Waals surface area (Å²) in [6.07, 6.45) is 0. The van der Waals surface area contributed by atoms with E-state index in [0.717, 1.165) is 23.5 Å². The van der Waals surface area contributed by atoms with Gasteiger partial charge in [-0.3, -0.25) is 13.8 Å². The van der Waals surface area contributed by atoms with Crippen LogP contribution in [-0.4, -0.2) is 55.7 Å². The van der Waals surface area contributed by atoms with E-state index in [9.17, 15) is 13.8 Å². The molecule has 24 heavy (non-hydrogen) atoms. The molecule has 0 aromatic carbocycles. The number of β-lactam (4-membered cyclic amide) rings is 1. The average Bonchev–Trinajstić information content (AvgIpc) is 2.96. The molecule has 1 saturated heterocycles. The van der Waals surface area contributed by atoms with Crippen LogP contribution >= 0.6 is 11.3 Å². The summed E-state index contributed by atoms with van der Waals surface area (Å²) in [6.45, 7) is 3.17. The lowest BCUT2D eigenvalue weighted by molar-refractivity contribution is -0.216. The molecule has 1 fully saturated rings. The maximum atomic E-state index is 12.2. The Bertz CT molecular complexity index is 718. The molecule has 0 bridgehead atoms. The molecule has 2 heterocycles. The highest BCUT2D eigenvalue weighted by Gasteiger charge is 2.57. The summed E-state index contributed by atoms with van der Waals surface area (Å²) >= 11 is -1.07. The van der Waals surface area contributed by atoms with Crippen LogP contribution in [-0.2, 0) is 29.4 Å². The first-order valence-electron chi connectivity index (χ1n) is 6.45. The molecular weight excluding hydrogens is 362 g/mol. The van der Waals surface area contributed by atoms with Gasteiger partial charge in [-0.1, -0.05) is 5.16 Å². The van der Waals surface area contributed by atoms with Crippen LogP contribution in [0.25, 0.3) is 0 Å². The zero-order valence-electron chi connectivity index (χ0n) is 12.9. The molecule has 2 rings (SSSR count). The molecule has 4 N–H and O–H groups in total. The zero-order valence-corrected chi connectivity index (χ0v) is 14.5. The Balaban J connectivity index is 2.09. The number of hydroxylamine groups is 2. The minimum atomic E-state index is -2.13. The van der Waals surface area contributed by atoms with E-state index in [1.807, 2.05) is 0 Å². The SMILES string of the molecule is COS(=O)ON1C(=O)[C@@H](NC(=O)/C(=N\O)c2csc(N)n2)C1(C)C. The van der Waals surface area contributed by atoms with E-state index in [0.29, 0.717) is 0 Å². The molecule has 1 aromatic rings. The minimum Gasteiger partial charge on any atom is -0.410 e. The van der Waals surface area contributed by atoms with Crippen molar-refractivity contribution in [1.29, 1.82) is 0 Å². The van der Waals surface area contributed by atoms with Crippen molar-refractivity contribution < 1.29 is 27.5 Å². The number of nitrogens with zero attached hydrogens (tertiary/aromatic N) is 3. The van der Waals surface area contributed by atoms with Crippen molar-refractivity contribution in [3.8, 4) is 0 Å². The fraction of sp³-hybridized carbons (Fsp3) is 0.455.